The topological polar surface area (TPSA) is 71.5 Å². The molecule has 4 aromatic rings. The first-order valence-corrected chi connectivity index (χ1v) is 9.76. The fraction of sp³-hybridized carbons (Fsp3) is 0.120. The zero-order valence-electron chi connectivity index (χ0n) is 16.6. The van der Waals surface area contributed by atoms with Crippen molar-refractivity contribution in [3.63, 3.8) is 0 Å². The Labute approximate surface area is 175 Å². The Hall–Kier alpha value is -3.86. The largest absolute Gasteiger partial charge is 0.505 e. The fourth-order valence-corrected chi connectivity index (χ4v) is 3.49. The average Bonchev–Trinajstić information content (AvgIpc) is 2.79. The molecule has 2 N–H and O–H groups in total. The molecule has 4 rings (SSSR count). The van der Waals surface area contributed by atoms with E-state index in [2.05, 4.69) is 10.3 Å². The number of hydrogen-bond donors (Lipinski definition) is 2. The van der Waals surface area contributed by atoms with Crippen LogP contribution in [0.25, 0.3) is 22.0 Å². The van der Waals surface area contributed by atoms with Crippen molar-refractivity contribution in [1.82, 2.24) is 10.3 Å². The van der Waals surface area contributed by atoms with Crippen LogP contribution in [0.15, 0.2) is 85.1 Å². The van der Waals surface area contributed by atoms with E-state index in [1.54, 1.807) is 6.20 Å². The number of aromatic nitrogens is 1. The van der Waals surface area contributed by atoms with Crippen molar-refractivity contribution < 1.29 is 14.6 Å². The van der Waals surface area contributed by atoms with E-state index in [0.717, 1.165) is 16.5 Å². The molecule has 0 saturated heterocycles. The lowest BCUT2D eigenvalue weighted by molar-refractivity contribution is -0.123. The molecule has 1 aromatic heterocycles. The van der Waals surface area contributed by atoms with Gasteiger partial charge in [-0.25, -0.2) is 0 Å². The average molecular weight is 398 g/mol. The van der Waals surface area contributed by atoms with Crippen LogP contribution in [-0.2, 0) is 4.79 Å². The van der Waals surface area contributed by atoms with Crippen LogP contribution in [0.5, 0.6) is 11.5 Å². The predicted octanol–water partition coefficient (Wildman–Crippen LogP) is 4.86. The summed E-state index contributed by atoms with van der Waals surface area (Å²) >= 11 is 0. The minimum atomic E-state index is -0.271. The highest BCUT2D eigenvalue weighted by Gasteiger charge is 2.17. The lowest BCUT2D eigenvalue weighted by Crippen LogP contribution is -2.31. The standard InChI is InChI=1S/C25H22N2O3/c1-17(27-23(28)16-30-19-9-3-2-4-10-19)20-11-5-6-12-21(20)22-14-13-18-8-7-15-26-24(18)25(22)29/h2-15,17,29H,16H2,1H3,(H,27,28). The maximum Gasteiger partial charge on any atom is 0.258 e. The number of ether oxygens (including phenoxy) is 1. The Morgan fingerprint density at radius 3 is 2.57 bits per heavy atom. The van der Waals surface area contributed by atoms with Gasteiger partial charge in [-0.3, -0.25) is 9.78 Å². The second kappa shape index (κ2) is 8.66. The summed E-state index contributed by atoms with van der Waals surface area (Å²) in [6, 6.07) is 24.2. The SMILES string of the molecule is CC(NC(=O)COc1ccccc1)c1ccccc1-c1ccc2cccnc2c1O. The Morgan fingerprint density at radius 1 is 0.967 bits per heavy atom. The molecule has 5 heteroatoms. The summed E-state index contributed by atoms with van der Waals surface area (Å²) in [5, 5.41) is 14.7. The van der Waals surface area contributed by atoms with Gasteiger partial charge in [0.25, 0.3) is 5.91 Å². The van der Waals surface area contributed by atoms with Gasteiger partial charge in [-0.05, 0) is 42.3 Å². The van der Waals surface area contributed by atoms with Crippen LogP contribution < -0.4 is 10.1 Å². The molecule has 1 atom stereocenters. The molecule has 0 spiro atoms. The number of hydrogen-bond acceptors (Lipinski definition) is 4. The van der Waals surface area contributed by atoms with E-state index in [1.165, 1.54) is 0 Å². The highest BCUT2D eigenvalue weighted by molar-refractivity contribution is 5.92. The molecule has 30 heavy (non-hydrogen) atoms. The molecule has 0 saturated carbocycles. The summed E-state index contributed by atoms with van der Waals surface area (Å²) in [6.07, 6.45) is 1.66. The number of phenols is 1. The van der Waals surface area contributed by atoms with Crippen LogP contribution in [0.1, 0.15) is 18.5 Å². The van der Waals surface area contributed by atoms with Crippen molar-refractivity contribution >= 4 is 16.8 Å². The number of nitrogens with zero attached hydrogens (tertiary/aromatic N) is 1. The van der Waals surface area contributed by atoms with E-state index in [1.807, 2.05) is 85.8 Å². The molecular weight excluding hydrogens is 376 g/mol. The lowest BCUT2D eigenvalue weighted by atomic mass is 9.94. The molecule has 0 aliphatic heterocycles. The molecule has 5 nitrogen and oxygen atoms in total. The van der Waals surface area contributed by atoms with Crippen LogP contribution in [0, 0.1) is 0 Å². The second-order valence-corrected chi connectivity index (χ2v) is 7.02. The first-order valence-electron chi connectivity index (χ1n) is 9.76. The third kappa shape index (κ3) is 4.10. The molecule has 1 unspecified atom stereocenters. The number of carbonyl (C=O) groups excluding carboxylic acids is 1. The molecule has 0 fully saturated rings. The minimum Gasteiger partial charge on any atom is -0.505 e. The van der Waals surface area contributed by atoms with Gasteiger partial charge in [0.05, 0.1) is 6.04 Å². The summed E-state index contributed by atoms with van der Waals surface area (Å²) < 4.78 is 5.53. The number of benzene rings is 3. The van der Waals surface area contributed by atoms with Crippen LogP contribution in [0.2, 0.25) is 0 Å². The number of amides is 1. The van der Waals surface area contributed by atoms with Gasteiger partial charge in [0.15, 0.2) is 6.61 Å². The van der Waals surface area contributed by atoms with Crippen LogP contribution in [0.4, 0.5) is 0 Å². The van der Waals surface area contributed by atoms with Gasteiger partial charge >= 0.3 is 0 Å². The molecule has 1 heterocycles. The summed E-state index contributed by atoms with van der Waals surface area (Å²) in [5.41, 5.74) is 2.98. The molecule has 0 bridgehead atoms. The van der Waals surface area contributed by atoms with Crippen molar-refractivity contribution in [3.05, 3.63) is 90.6 Å². The number of rotatable bonds is 6. The van der Waals surface area contributed by atoms with E-state index < -0.39 is 0 Å². The van der Waals surface area contributed by atoms with E-state index in [9.17, 15) is 9.90 Å². The Morgan fingerprint density at radius 2 is 1.73 bits per heavy atom. The normalized spacial score (nSPS) is 11.8. The van der Waals surface area contributed by atoms with E-state index in [4.69, 9.17) is 4.74 Å². The van der Waals surface area contributed by atoms with Crippen LogP contribution in [-0.4, -0.2) is 22.6 Å². The molecule has 0 aliphatic carbocycles. The number of aromatic hydroxyl groups is 1. The monoisotopic (exact) mass is 398 g/mol. The quantitative estimate of drug-likeness (QED) is 0.486. The zero-order valence-corrected chi connectivity index (χ0v) is 16.6. The summed E-state index contributed by atoms with van der Waals surface area (Å²) in [7, 11) is 0. The number of para-hydroxylation sites is 1. The number of fused-ring (bicyclic) bond motifs is 1. The van der Waals surface area contributed by atoms with Gasteiger partial charge in [-0.1, -0.05) is 54.6 Å². The number of carbonyl (C=O) groups is 1. The zero-order chi connectivity index (χ0) is 20.9. The van der Waals surface area contributed by atoms with Crippen molar-refractivity contribution in [3.8, 4) is 22.6 Å². The first-order chi connectivity index (χ1) is 14.6. The first kappa shape index (κ1) is 19.5. The number of phenolic OH excluding ortho intramolecular Hbond substituents is 1. The third-order valence-electron chi connectivity index (χ3n) is 4.96. The molecule has 0 aliphatic rings. The number of pyridine rings is 1. The Bertz CT molecular complexity index is 1180. The Kier molecular flexibility index (Phi) is 5.61. The molecular formula is C25H22N2O3. The van der Waals surface area contributed by atoms with Gasteiger partial charge in [-0.15, -0.1) is 0 Å². The van der Waals surface area contributed by atoms with E-state index in [0.29, 0.717) is 16.8 Å². The van der Waals surface area contributed by atoms with Gasteiger partial charge in [0, 0.05) is 17.1 Å². The lowest BCUT2D eigenvalue weighted by Gasteiger charge is -2.19. The summed E-state index contributed by atoms with van der Waals surface area (Å²) in [4.78, 5) is 16.7. The minimum absolute atomic E-state index is 0.0678. The molecule has 1 amide bonds. The molecule has 150 valence electrons. The van der Waals surface area contributed by atoms with E-state index >= 15 is 0 Å². The van der Waals surface area contributed by atoms with Crippen molar-refractivity contribution in [2.75, 3.05) is 6.61 Å². The number of nitrogens with one attached hydrogen (secondary N) is 1. The van der Waals surface area contributed by atoms with Crippen LogP contribution >= 0.6 is 0 Å². The molecule has 0 radical (unpaired) electrons. The smallest absolute Gasteiger partial charge is 0.258 e. The second-order valence-electron chi connectivity index (χ2n) is 7.02. The van der Waals surface area contributed by atoms with Gasteiger partial charge < -0.3 is 15.2 Å². The van der Waals surface area contributed by atoms with Gasteiger partial charge in [0.2, 0.25) is 0 Å². The summed E-state index contributed by atoms with van der Waals surface area (Å²) in [6.45, 7) is 1.84. The highest BCUT2D eigenvalue weighted by Crippen LogP contribution is 2.37. The fourth-order valence-electron chi connectivity index (χ4n) is 3.49. The van der Waals surface area contributed by atoms with Gasteiger partial charge in [0.1, 0.15) is 17.0 Å². The van der Waals surface area contributed by atoms with Crippen molar-refractivity contribution in [1.29, 1.82) is 0 Å². The maximum atomic E-state index is 12.4. The maximum absolute atomic E-state index is 12.4. The summed E-state index contributed by atoms with van der Waals surface area (Å²) in [5.74, 6) is 0.561. The van der Waals surface area contributed by atoms with E-state index in [-0.39, 0.29) is 24.3 Å². The third-order valence-corrected chi connectivity index (χ3v) is 4.96. The Balaban J connectivity index is 1.56. The van der Waals surface area contributed by atoms with Crippen molar-refractivity contribution in [2.24, 2.45) is 0 Å². The highest BCUT2D eigenvalue weighted by atomic mass is 16.5. The van der Waals surface area contributed by atoms with Crippen molar-refractivity contribution in [2.45, 2.75) is 13.0 Å². The van der Waals surface area contributed by atoms with Crippen LogP contribution in [0.3, 0.4) is 0 Å². The predicted molar refractivity (Wildman–Crippen MR) is 117 cm³/mol. The van der Waals surface area contributed by atoms with Gasteiger partial charge in [-0.2, -0.15) is 0 Å². The molecule has 3 aromatic carbocycles.